The van der Waals surface area contributed by atoms with Crippen LogP contribution in [0.2, 0.25) is 0 Å². The Balaban J connectivity index is 2.08. The Morgan fingerprint density at radius 2 is 2.06 bits per heavy atom. The van der Waals surface area contributed by atoms with Crippen molar-refractivity contribution in [3.8, 4) is 0 Å². The molecule has 0 unspecified atom stereocenters. The Kier molecular flexibility index (Phi) is 2.52. The SMILES string of the molecule is O=c1nc(C2CCCC2)c2c([nH]1)CCNC2. The first-order valence-electron chi connectivity index (χ1n) is 6.17. The molecule has 2 heterocycles. The third-order valence-electron chi connectivity index (χ3n) is 3.75. The van der Waals surface area contributed by atoms with Gasteiger partial charge in [0.25, 0.3) is 0 Å². The second-order valence-electron chi connectivity index (χ2n) is 4.79. The van der Waals surface area contributed by atoms with E-state index in [2.05, 4.69) is 15.3 Å². The summed E-state index contributed by atoms with van der Waals surface area (Å²) in [4.78, 5) is 18.6. The molecule has 2 aliphatic rings. The largest absolute Gasteiger partial charge is 0.345 e. The Bertz CT molecular complexity index is 446. The van der Waals surface area contributed by atoms with Gasteiger partial charge in [0, 0.05) is 36.7 Å². The fourth-order valence-corrected chi connectivity index (χ4v) is 2.94. The molecule has 2 N–H and O–H groups in total. The summed E-state index contributed by atoms with van der Waals surface area (Å²) in [5.74, 6) is 0.524. The highest BCUT2D eigenvalue weighted by Gasteiger charge is 2.24. The van der Waals surface area contributed by atoms with Gasteiger partial charge in [-0.15, -0.1) is 0 Å². The number of hydrogen-bond acceptors (Lipinski definition) is 3. The molecule has 4 heteroatoms. The third kappa shape index (κ3) is 1.67. The number of nitrogens with zero attached hydrogens (tertiary/aromatic N) is 1. The zero-order valence-electron chi connectivity index (χ0n) is 9.38. The molecule has 0 aromatic carbocycles. The van der Waals surface area contributed by atoms with Gasteiger partial charge in [0.1, 0.15) is 0 Å². The smallest absolute Gasteiger partial charge is 0.312 e. The maximum Gasteiger partial charge on any atom is 0.345 e. The van der Waals surface area contributed by atoms with Gasteiger partial charge >= 0.3 is 5.69 Å². The zero-order chi connectivity index (χ0) is 11.0. The summed E-state index contributed by atoms with van der Waals surface area (Å²) in [5.41, 5.74) is 3.28. The number of aromatic amines is 1. The Hall–Kier alpha value is -1.16. The molecule has 0 radical (unpaired) electrons. The lowest BCUT2D eigenvalue weighted by Gasteiger charge is -2.21. The highest BCUT2D eigenvalue weighted by atomic mass is 16.1. The number of nitrogens with one attached hydrogen (secondary N) is 2. The minimum absolute atomic E-state index is 0.164. The van der Waals surface area contributed by atoms with E-state index in [1.807, 2.05) is 0 Å². The molecule has 86 valence electrons. The predicted molar refractivity (Wildman–Crippen MR) is 61.5 cm³/mol. The summed E-state index contributed by atoms with van der Waals surface area (Å²) in [6.07, 6.45) is 5.88. The first-order valence-corrected chi connectivity index (χ1v) is 6.17. The molecule has 0 atom stereocenters. The van der Waals surface area contributed by atoms with Crippen molar-refractivity contribution in [1.29, 1.82) is 0 Å². The highest BCUT2D eigenvalue weighted by molar-refractivity contribution is 5.29. The maximum atomic E-state index is 11.5. The minimum Gasteiger partial charge on any atom is -0.312 e. The number of rotatable bonds is 1. The topological polar surface area (TPSA) is 57.8 Å². The van der Waals surface area contributed by atoms with Gasteiger partial charge in [-0.3, -0.25) is 0 Å². The van der Waals surface area contributed by atoms with Gasteiger partial charge < -0.3 is 10.3 Å². The highest BCUT2D eigenvalue weighted by Crippen LogP contribution is 2.35. The van der Waals surface area contributed by atoms with Crippen LogP contribution in [0.1, 0.15) is 48.6 Å². The lowest BCUT2D eigenvalue weighted by Crippen LogP contribution is -2.30. The van der Waals surface area contributed by atoms with Crippen LogP contribution < -0.4 is 11.0 Å². The van der Waals surface area contributed by atoms with Crippen LogP contribution in [0.15, 0.2) is 4.79 Å². The van der Waals surface area contributed by atoms with E-state index in [9.17, 15) is 4.79 Å². The fraction of sp³-hybridized carbons (Fsp3) is 0.667. The normalized spacial score (nSPS) is 21.0. The van der Waals surface area contributed by atoms with Gasteiger partial charge in [-0.2, -0.15) is 4.98 Å². The fourth-order valence-electron chi connectivity index (χ4n) is 2.94. The van der Waals surface area contributed by atoms with Crippen LogP contribution in [0.5, 0.6) is 0 Å². The van der Waals surface area contributed by atoms with Gasteiger partial charge in [0.2, 0.25) is 0 Å². The maximum absolute atomic E-state index is 11.5. The molecule has 4 nitrogen and oxygen atoms in total. The van der Waals surface area contributed by atoms with Crippen molar-refractivity contribution in [2.24, 2.45) is 0 Å². The number of hydrogen-bond donors (Lipinski definition) is 2. The van der Waals surface area contributed by atoms with Crippen LogP contribution in [-0.4, -0.2) is 16.5 Å². The number of H-pyrrole nitrogens is 1. The van der Waals surface area contributed by atoms with Gasteiger partial charge in [0.05, 0.1) is 5.69 Å². The Morgan fingerprint density at radius 3 is 2.88 bits per heavy atom. The van der Waals surface area contributed by atoms with E-state index in [4.69, 9.17) is 0 Å². The van der Waals surface area contributed by atoms with Crippen molar-refractivity contribution in [1.82, 2.24) is 15.3 Å². The first kappa shape index (κ1) is 10.0. The van der Waals surface area contributed by atoms with Crippen LogP contribution in [0.25, 0.3) is 0 Å². The summed E-state index contributed by atoms with van der Waals surface area (Å²) in [6.45, 7) is 1.82. The molecular formula is C12H17N3O. The van der Waals surface area contributed by atoms with Crippen molar-refractivity contribution in [2.75, 3.05) is 6.54 Å². The van der Waals surface area contributed by atoms with Crippen LogP contribution in [-0.2, 0) is 13.0 Å². The van der Waals surface area contributed by atoms with E-state index in [0.717, 1.165) is 30.9 Å². The molecule has 0 spiro atoms. The molecular weight excluding hydrogens is 202 g/mol. The summed E-state index contributed by atoms with van der Waals surface area (Å²) < 4.78 is 0. The summed E-state index contributed by atoms with van der Waals surface area (Å²) in [7, 11) is 0. The molecule has 1 fully saturated rings. The van der Waals surface area contributed by atoms with Crippen molar-refractivity contribution in [3.05, 3.63) is 27.4 Å². The second-order valence-corrected chi connectivity index (χ2v) is 4.79. The van der Waals surface area contributed by atoms with E-state index < -0.39 is 0 Å². The van der Waals surface area contributed by atoms with Gasteiger partial charge in [-0.25, -0.2) is 4.79 Å². The van der Waals surface area contributed by atoms with Crippen molar-refractivity contribution < 1.29 is 0 Å². The van der Waals surface area contributed by atoms with Crippen LogP contribution in [0.4, 0.5) is 0 Å². The first-order chi connectivity index (χ1) is 7.84. The van der Waals surface area contributed by atoms with E-state index >= 15 is 0 Å². The molecule has 1 aliphatic carbocycles. The van der Waals surface area contributed by atoms with Gasteiger partial charge in [0.15, 0.2) is 0 Å². The average molecular weight is 219 g/mol. The molecule has 1 aromatic heterocycles. The summed E-state index contributed by atoms with van der Waals surface area (Å²) >= 11 is 0. The predicted octanol–water partition coefficient (Wildman–Crippen LogP) is 1.07. The van der Waals surface area contributed by atoms with Gasteiger partial charge in [-0.05, 0) is 12.8 Å². The quantitative estimate of drug-likeness (QED) is 0.743. The molecule has 1 aromatic rings. The van der Waals surface area contributed by atoms with E-state index in [0.29, 0.717) is 5.92 Å². The zero-order valence-corrected chi connectivity index (χ0v) is 9.38. The number of aromatic nitrogens is 2. The standard InChI is InChI=1S/C12H17N3O/c16-12-14-10-5-6-13-7-9(10)11(15-12)8-3-1-2-4-8/h8,13H,1-7H2,(H,14,15,16). The Morgan fingerprint density at radius 1 is 1.25 bits per heavy atom. The Labute approximate surface area is 94.5 Å². The van der Waals surface area contributed by atoms with Crippen LogP contribution in [0, 0.1) is 0 Å². The molecule has 0 bridgehead atoms. The number of fused-ring (bicyclic) bond motifs is 1. The van der Waals surface area contributed by atoms with E-state index in [1.165, 1.54) is 31.2 Å². The molecule has 3 rings (SSSR count). The second kappa shape index (κ2) is 4.01. The van der Waals surface area contributed by atoms with E-state index in [-0.39, 0.29) is 5.69 Å². The molecule has 1 saturated carbocycles. The van der Waals surface area contributed by atoms with Crippen LogP contribution in [0.3, 0.4) is 0 Å². The molecule has 0 amide bonds. The summed E-state index contributed by atoms with van der Waals surface area (Å²) in [6, 6.07) is 0. The third-order valence-corrected chi connectivity index (χ3v) is 3.75. The van der Waals surface area contributed by atoms with Crippen molar-refractivity contribution in [2.45, 2.75) is 44.6 Å². The van der Waals surface area contributed by atoms with E-state index in [1.54, 1.807) is 0 Å². The lowest BCUT2D eigenvalue weighted by molar-refractivity contribution is 0.588. The minimum atomic E-state index is -0.164. The van der Waals surface area contributed by atoms with Crippen molar-refractivity contribution in [3.63, 3.8) is 0 Å². The lowest BCUT2D eigenvalue weighted by atomic mass is 9.95. The van der Waals surface area contributed by atoms with Crippen LogP contribution >= 0.6 is 0 Å². The average Bonchev–Trinajstić information content (AvgIpc) is 2.81. The monoisotopic (exact) mass is 219 g/mol. The summed E-state index contributed by atoms with van der Waals surface area (Å²) in [5, 5.41) is 3.36. The van der Waals surface area contributed by atoms with Gasteiger partial charge in [-0.1, -0.05) is 12.8 Å². The molecule has 0 saturated heterocycles. The van der Waals surface area contributed by atoms with Crippen molar-refractivity contribution >= 4 is 0 Å². The molecule has 16 heavy (non-hydrogen) atoms. The molecule has 1 aliphatic heterocycles.